The second kappa shape index (κ2) is 9.98. The molecule has 1 aliphatic heterocycles. The minimum atomic E-state index is -5.15. The van der Waals surface area contributed by atoms with Gasteiger partial charge in [0.2, 0.25) is 11.8 Å². The molecular formula is C24H19F7N2O2. The van der Waals surface area contributed by atoms with Crippen molar-refractivity contribution in [1.82, 2.24) is 5.32 Å². The SMILES string of the molecule is CC(=O)NCC#CCN1C(=O)C(c2ccc(C(F)(F)F)cc2C(F)(F)F)CCc2cc(F)ccc21. The number of anilines is 1. The molecule has 2 amide bonds. The summed E-state index contributed by atoms with van der Waals surface area (Å²) in [4.78, 5) is 25.5. The standard InChI is InChI=1S/C24H19F7N2O2/c1-14(34)32-10-2-3-11-33-21-9-6-17(25)12-15(21)4-7-19(22(33)35)18-8-5-16(23(26,27)28)13-20(18)24(29,30)31/h5-6,8-9,12-13,19H,4,7,10-11H2,1H3,(H,32,34). The fraction of sp³-hybridized carbons (Fsp3) is 0.333. The van der Waals surface area contributed by atoms with E-state index in [-0.39, 0.29) is 43.6 Å². The second-order valence-electron chi connectivity index (χ2n) is 7.85. The van der Waals surface area contributed by atoms with Crippen molar-refractivity contribution < 1.29 is 40.3 Å². The summed E-state index contributed by atoms with van der Waals surface area (Å²) in [5.41, 5.74) is -3.04. The van der Waals surface area contributed by atoms with E-state index < -0.39 is 46.7 Å². The number of rotatable bonds is 3. The third kappa shape index (κ3) is 6.12. The highest BCUT2D eigenvalue weighted by atomic mass is 19.4. The summed E-state index contributed by atoms with van der Waals surface area (Å²) in [5.74, 6) is 2.04. The Morgan fingerprint density at radius 1 is 1.06 bits per heavy atom. The number of nitrogens with zero attached hydrogens (tertiary/aromatic N) is 1. The van der Waals surface area contributed by atoms with Gasteiger partial charge in [-0.15, -0.1) is 0 Å². The zero-order valence-electron chi connectivity index (χ0n) is 18.3. The number of nitrogens with one attached hydrogen (secondary N) is 1. The lowest BCUT2D eigenvalue weighted by Gasteiger charge is -2.26. The van der Waals surface area contributed by atoms with E-state index in [1.165, 1.54) is 13.0 Å². The topological polar surface area (TPSA) is 49.4 Å². The average Bonchev–Trinajstić information content (AvgIpc) is 2.88. The molecule has 3 rings (SSSR count). The Kier molecular flexibility index (Phi) is 7.43. The van der Waals surface area contributed by atoms with Crippen molar-refractivity contribution >= 4 is 17.5 Å². The van der Waals surface area contributed by atoms with E-state index in [2.05, 4.69) is 17.2 Å². The molecule has 1 atom stereocenters. The van der Waals surface area contributed by atoms with Crippen LogP contribution in [-0.4, -0.2) is 24.9 Å². The molecule has 4 nitrogen and oxygen atoms in total. The summed E-state index contributed by atoms with van der Waals surface area (Å²) in [6, 6.07) is 4.72. The molecule has 1 aliphatic rings. The fourth-order valence-corrected chi connectivity index (χ4v) is 3.85. The first kappa shape index (κ1) is 26.1. The average molecular weight is 500 g/mol. The molecule has 2 aromatic rings. The highest BCUT2D eigenvalue weighted by Crippen LogP contribution is 2.42. The van der Waals surface area contributed by atoms with Gasteiger partial charge in [-0.25, -0.2) is 4.39 Å². The maximum absolute atomic E-state index is 13.8. The predicted octanol–water partition coefficient (Wildman–Crippen LogP) is 5.07. The number of fused-ring (bicyclic) bond motifs is 1. The first-order valence-corrected chi connectivity index (χ1v) is 10.4. The van der Waals surface area contributed by atoms with Gasteiger partial charge in [0.1, 0.15) is 5.82 Å². The third-order valence-electron chi connectivity index (χ3n) is 5.45. The fourth-order valence-electron chi connectivity index (χ4n) is 3.85. The van der Waals surface area contributed by atoms with Gasteiger partial charge in [-0.3, -0.25) is 14.5 Å². The molecule has 0 spiro atoms. The highest BCUT2D eigenvalue weighted by Gasteiger charge is 2.42. The minimum absolute atomic E-state index is 0.00209. The molecule has 11 heteroatoms. The number of hydrogen-bond donors (Lipinski definition) is 1. The zero-order valence-corrected chi connectivity index (χ0v) is 18.3. The summed E-state index contributed by atoms with van der Waals surface area (Å²) in [7, 11) is 0. The van der Waals surface area contributed by atoms with E-state index >= 15 is 0 Å². The Bertz CT molecular complexity index is 1190. The van der Waals surface area contributed by atoms with Gasteiger partial charge in [-0.2, -0.15) is 26.3 Å². The number of benzene rings is 2. The lowest BCUT2D eigenvalue weighted by Crippen LogP contribution is -2.35. The number of alkyl halides is 6. The number of amides is 2. The largest absolute Gasteiger partial charge is 0.416 e. The van der Waals surface area contributed by atoms with Gasteiger partial charge in [0.25, 0.3) is 0 Å². The first-order valence-electron chi connectivity index (χ1n) is 10.4. The monoisotopic (exact) mass is 500 g/mol. The quantitative estimate of drug-likeness (QED) is 0.473. The third-order valence-corrected chi connectivity index (χ3v) is 5.45. The van der Waals surface area contributed by atoms with Crippen LogP contribution in [0.3, 0.4) is 0 Å². The smallest absolute Gasteiger partial charge is 0.345 e. The number of aryl methyl sites for hydroxylation is 1. The number of carbonyl (C=O) groups is 2. The molecule has 1 heterocycles. The molecular weight excluding hydrogens is 481 g/mol. The van der Waals surface area contributed by atoms with E-state index in [1.807, 2.05) is 0 Å². The van der Waals surface area contributed by atoms with Crippen LogP contribution in [0, 0.1) is 17.7 Å². The molecule has 35 heavy (non-hydrogen) atoms. The second-order valence-corrected chi connectivity index (χ2v) is 7.85. The summed E-state index contributed by atoms with van der Waals surface area (Å²) < 4.78 is 94.4. The summed E-state index contributed by atoms with van der Waals surface area (Å²) in [5, 5.41) is 2.43. The van der Waals surface area contributed by atoms with E-state index in [4.69, 9.17) is 0 Å². The van der Waals surface area contributed by atoms with Crippen molar-refractivity contribution in [3.8, 4) is 11.8 Å². The van der Waals surface area contributed by atoms with Crippen LogP contribution < -0.4 is 10.2 Å². The Hall–Kier alpha value is -3.55. The van der Waals surface area contributed by atoms with Crippen LogP contribution >= 0.6 is 0 Å². The Morgan fingerprint density at radius 3 is 2.40 bits per heavy atom. The van der Waals surface area contributed by atoms with Crippen LogP contribution in [0.4, 0.5) is 36.4 Å². The summed E-state index contributed by atoms with van der Waals surface area (Å²) in [6.45, 7) is 0.960. The van der Waals surface area contributed by atoms with Crippen LogP contribution in [0.25, 0.3) is 0 Å². The molecule has 186 valence electrons. The molecule has 0 fully saturated rings. The molecule has 0 bridgehead atoms. The van der Waals surface area contributed by atoms with E-state index in [0.717, 1.165) is 17.0 Å². The van der Waals surface area contributed by atoms with Gasteiger partial charge in [-0.05, 0) is 54.3 Å². The van der Waals surface area contributed by atoms with Gasteiger partial charge in [0.15, 0.2) is 0 Å². The molecule has 2 aromatic carbocycles. The number of carbonyl (C=O) groups excluding carboxylic acids is 2. The van der Waals surface area contributed by atoms with Crippen LogP contribution in [0.2, 0.25) is 0 Å². The van der Waals surface area contributed by atoms with Crippen molar-refractivity contribution in [2.45, 2.75) is 38.0 Å². The van der Waals surface area contributed by atoms with Crippen molar-refractivity contribution in [3.63, 3.8) is 0 Å². The number of hydrogen-bond acceptors (Lipinski definition) is 2. The molecule has 0 radical (unpaired) electrons. The first-order chi connectivity index (χ1) is 16.3. The summed E-state index contributed by atoms with van der Waals surface area (Å²) >= 11 is 0. The normalized spacial score (nSPS) is 16.2. The maximum atomic E-state index is 13.8. The molecule has 0 saturated heterocycles. The van der Waals surface area contributed by atoms with Crippen LogP contribution in [0.15, 0.2) is 36.4 Å². The van der Waals surface area contributed by atoms with Crippen LogP contribution in [0.5, 0.6) is 0 Å². The van der Waals surface area contributed by atoms with Crippen molar-refractivity contribution in [2.75, 3.05) is 18.0 Å². The lowest BCUT2D eigenvalue weighted by molar-refractivity contribution is -0.143. The van der Waals surface area contributed by atoms with Crippen LogP contribution in [0.1, 0.15) is 41.5 Å². The Labute approximate surface area is 196 Å². The molecule has 1 N–H and O–H groups in total. The van der Waals surface area contributed by atoms with Crippen molar-refractivity contribution in [3.05, 3.63) is 64.5 Å². The van der Waals surface area contributed by atoms with Gasteiger partial charge in [0, 0.05) is 12.6 Å². The van der Waals surface area contributed by atoms with Gasteiger partial charge in [-0.1, -0.05) is 17.9 Å². The molecule has 1 unspecified atom stereocenters. The van der Waals surface area contributed by atoms with Gasteiger partial charge in [0.05, 0.1) is 30.1 Å². The van der Waals surface area contributed by atoms with Crippen molar-refractivity contribution in [2.24, 2.45) is 0 Å². The predicted molar refractivity (Wildman–Crippen MR) is 113 cm³/mol. The summed E-state index contributed by atoms with van der Waals surface area (Å²) in [6.07, 6.45) is -10.3. The van der Waals surface area contributed by atoms with Gasteiger partial charge >= 0.3 is 12.4 Å². The van der Waals surface area contributed by atoms with E-state index in [0.29, 0.717) is 17.7 Å². The molecule has 0 aliphatic carbocycles. The van der Waals surface area contributed by atoms with E-state index in [1.54, 1.807) is 0 Å². The van der Waals surface area contributed by atoms with Crippen LogP contribution in [-0.2, 0) is 28.4 Å². The minimum Gasteiger partial charge on any atom is -0.345 e. The van der Waals surface area contributed by atoms with Crippen molar-refractivity contribution in [1.29, 1.82) is 0 Å². The Balaban J connectivity index is 2.06. The van der Waals surface area contributed by atoms with Gasteiger partial charge < -0.3 is 5.32 Å². The molecule has 0 aromatic heterocycles. The van der Waals surface area contributed by atoms with E-state index in [9.17, 15) is 40.3 Å². The zero-order chi connectivity index (χ0) is 26.0. The Morgan fingerprint density at radius 2 is 1.77 bits per heavy atom. The maximum Gasteiger partial charge on any atom is 0.416 e. The molecule has 0 saturated carbocycles. The number of halogens is 7. The highest BCUT2D eigenvalue weighted by molar-refractivity contribution is 6.00. The lowest BCUT2D eigenvalue weighted by atomic mass is 9.88.